The monoisotopic (exact) mass is 292 g/mol. The van der Waals surface area contributed by atoms with Gasteiger partial charge in [0.25, 0.3) is 0 Å². The Morgan fingerprint density at radius 3 is 2.31 bits per heavy atom. The van der Waals surface area contributed by atoms with E-state index in [2.05, 4.69) is 4.98 Å². The van der Waals surface area contributed by atoms with Crippen LogP contribution < -0.4 is 0 Å². The van der Waals surface area contributed by atoms with Gasteiger partial charge in [-0.15, -0.1) is 0 Å². The van der Waals surface area contributed by atoms with E-state index >= 15 is 0 Å². The van der Waals surface area contributed by atoms with E-state index in [0.717, 1.165) is 11.4 Å². The first kappa shape index (κ1) is 12.0. The van der Waals surface area contributed by atoms with Gasteiger partial charge in [-0.1, -0.05) is 34.8 Å². The summed E-state index contributed by atoms with van der Waals surface area (Å²) in [6.45, 7) is 1.92. The molecule has 1 N–H and O–H groups in total. The third kappa shape index (κ3) is 2.00. The van der Waals surface area contributed by atoms with E-state index in [9.17, 15) is 0 Å². The Morgan fingerprint density at radius 1 is 1.12 bits per heavy atom. The molecule has 0 aliphatic heterocycles. The second-order valence-corrected chi connectivity index (χ2v) is 4.90. The predicted molar refractivity (Wildman–Crippen MR) is 70.7 cm³/mol. The van der Waals surface area contributed by atoms with Crippen LogP contribution in [0.4, 0.5) is 0 Å². The van der Waals surface area contributed by atoms with Gasteiger partial charge in [-0.05, 0) is 31.3 Å². The number of imidazole rings is 1. The van der Waals surface area contributed by atoms with Gasteiger partial charge in [0.1, 0.15) is 0 Å². The summed E-state index contributed by atoms with van der Waals surface area (Å²) < 4.78 is 2.37. The van der Waals surface area contributed by atoms with Crippen LogP contribution in [0.5, 0.6) is 0 Å². The fourth-order valence-corrected chi connectivity index (χ4v) is 2.37. The van der Waals surface area contributed by atoms with Gasteiger partial charge in [-0.25, -0.2) is 0 Å². The van der Waals surface area contributed by atoms with Crippen molar-refractivity contribution in [1.82, 2.24) is 9.55 Å². The maximum absolute atomic E-state index is 6.11. The molecule has 0 atom stereocenters. The van der Waals surface area contributed by atoms with Gasteiger partial charge >= 0.3 is 0 Å². The summed E-state index contributed by atoms with van der Waals surface area (Å²) in [6.07, 6.45) is 1.81. The molecular formula is C10H7Cl3N2S. The van der Waals surface area contributed by atoms with Gasteiger partial charge in [-0.2, -0.15) is 0 Å². The summed E-state index contributed by atoms with van der Waals surface area (Å²) in [5, 5.41) is 1.38. The number of aromatic nitrogens is 2. The minimum atomic E-state index is 0.426. The molecular weight excluding hydrogens is 287 g/mol. The van der Waals surface area contributed by atoms with Gasteiger partial charge in [0.15, 0.2) is 4.77 Å². The molecule has 2 rings (SSSR count). The molecule has 1 aromatic heterocycles. The normalized spacial score (nSPS) is 10.8. The van der Waals surface area contributed by atoms with Crippen molar-refractivity contribution in [3.63, 3.8) is 0 Å². The highest BCUT2D eigenvalue weighted by molar-refractivity contribution is 7.71. The summed E-state index contributed by atoms with van der Waals surface area (Å²) >= 11 is 23.1. The number of aryl methyl sites for hydroxylation is 1. The minimum absolute atomic E-state index is 0.426. The molecule has 1 aromatic carbocycles. The van der Waals surface area contributed by atoms with Gasteiger partial charge in [-0.3, -0.25) is 4.57 Å². The zero-order valence-electron chi connectivity index (χ0n) is 8.22. The van der Waals surface area contributed by atoms with Crippen molar-refractivity contribution in [2.24, 2.45) is 0 Å². The van der Waals surface area contributed by atoms with Crippen LogP contribution in [-0.4, -0.2) is 9.55 Å². The van der Waals surface area contributed by atoms with E-state index in [4.69, 9.17) is 47.0 Å². The Labute approximate surface area is 113 Å². The molecule has 0 bridgehead atoms. The highest BCUT2D eigenvalue weighted by Crippen LogP contribution is 2.31. The van der Waals surface area contributed by atoms with E-state index < -0.39 is 0 Å². The van der Waals surface area contributed by atoms with Crippen molar-refractivity contribution < 1.29 is 0 Å². The van der Waals surface area contributed by atoms with Crippen molar-refractivity contribution in [2.45, 2.75) is 6.92 Å². The second-order valence-electron chi connectivity index (χ2n) is 3.29. The van der Waals surface area contributed by atoms with Gasteiger partial charge in [0.2, 0.25) is 0 Å². The molecule has 0 fully saturated rings. The smallest absolute Gasteiger partial charge is 0.182 e. The van der Waals surface area contributed by atoms with E-state index in [0.29, 0.717) is 19.8 Å². The lowest BCUT2D eigenvalue weighted by Gasteiger charge is -2.09. The van der Waals surface area contributed by atoms with Crippen LogP contribution >= 0.6 is 47.0 Å². The van der Waals surface area contributed by atoms with Crippen LogP contribution in [0.3, 0.4) is 0 Å². The molecule has 0 radical (unpaired) electrons. The van der Waals surface area contributed by atoms with E-state index in [-0.39, 0.29) is 0 Å². The van der Waals surface area contributed by atoms with Crippen LogP contribution in [0.1, 0.15) is 5.69 Å². The fraction of sp³-hybridized carbons (Fsp3) is 0.100. The number of aromatic amines is 1. The number of nitrogens with one attached hydrogen (secondary N) is 1. The Balaban J connectivity index is 2.74. The van der Waals surface area contributed by atoms with Crippen molar-refractivity contribution in [3.8, 4) is 5.69 Å². The summed E-state index contributed by atoms with van der Waals surface area (Å²) in [7, 11) is 0. The van der Waals surface area contributed by atoms with E-state index in [1.165, 1.54) is 0 Å². The quantitative estimate of drug-likeness (QED) is 0.591. The lowest BCUT2D eigenvalue weighted by molar-refractivity contribution is 0.985. The first-order valence-electron chi connectivity index (χ1n) is 4.42. The third-order valence-electron chi connectivity index (χ3n) is 2.19. The van der Waals surface area contributed by atoms with E-state index in [1.54, 1.807) is 22.9 Å². The Hall–Kier alpha value is -0.480. The highest BCUT2D eigenvalue weighted by atomic mass is 35.5. The Bertz CT molecular complexity index is 601. The molecule has 2 nitrogen and oxygen atoms in total. The highest BCUT2D eigenvalue weighted by Gasteiger charge is 2.10. The Morgan fingerprint density at radius 2 is 1.75 bits per heavy atom. The molecule has 2 aromatic rings. The molecule has 0 unspecified atom stereocenters. The number of hydrogen-bond donors (Lipinski definition) is 1. The van der Waals surface area contributed by atoms with E-state index in [1.807, 2.05) is 6.92 Å². The molecule has 0 saturated carbocycles. The first-order valence-corrected chi connectivity index (χ1v) is 5.97. The number of nitrogens with zero attached hydrogens (tertiary/aromatic N) is 1. The molecule has 0 aliphatic carbocycles. The molecule has 16 heavy (non-hydrogen) atoms. The molecule has 1 heterocycles. The van der Waals surface area contributed by atoms with Crippen molar-refractivity contribution in [1.29, 1.82) is 0 Å². The molecule has 0 amide bonds. The van der Waals surface area contributed by atoms with Crippen molar-refractivity contribution in [3.05, 3.63) is 43.9 Å². The number of H-pyrrole nitrogens is 1. The second kappa shape index (κ2) is 4.41. The number of halogens is 3. The summed E-state index contributed by atoms with van der Waals surface area (Å²) in [5.74, 6) is 0. The molecule has 0 aliphatic rings. The van der Waals surface area contributed by atoms with Crippen LogP contribution in [0.15, 0.2) is 18.3 Å². The van der Waals surface area contributed by atoms with Gasteiger partial charge in [0, 0.05) is 11.9 Å². The summed E-state index contributed by atoms with van der Waals surface area (Å²) in [5.41, 5.74) is 1.67. The number of hydrogen-bond acceptors (Lipinski definition) is 1. The lowest BCUT2D eigenvalue weighted by Crippen LogP contribution is -1.97. The zero-order valence-corrected chi connectivity index (χ0v) is 11.3. The lowest BCUT2D eigenvalue weighted by atomic mass is 10.3. The standard InChI is InChI=1S/C10H7Cl3N2S/c1-5-4-14-10(16)15(5)9-3-7(12)6(11)2-8(9)13/h2-4H,1H3,(H,14,16). The fourth-order valence-electron chi connectivity index (χ4n) is 1.44. The summed E-state index contributed by atoms with van der Waals surface area (Å²) in [6, 6.07) is 3.30. The molecule has 0 saturated heterocycles. The van der Waals surface area contributed by atoms with Crippen LogP contribution in [0, 0.1) is 11.7 Å². The Kier molecular flexibility index (Phi) is 3.31. The largest absolute Gasteiger partial charge is 0.337 e. The van der Waals surface area contributed by atoms with Crippen molar-refractivity contribution in [2.75, 3.05) is 0 Å². The molecule has 84 valence electrons. The summed E-state index contributed by atoms with van der Waals surface area (Å²) in [4.78, 5) is 2.94. The first-order chi connectivity index (χ1) is 7.50. The minimum Gasteiger partial charge on any atom is -0.337 e. The average Bonchev–Trinajstić information content (AvgIpc) is 2.53. The SMILES string of the molecule is Cc1c[nH]c(=S)n1-c1cc(Cl)c(Cl)cc1Cl. The molecule has 6 heteroatoms. The van der Waals surface area contributed by atoms with Crippen LogP contribution in [0.25, 0.3) is 5.69 Å². The van der Waals surface area contributed by atoms with Crippen LogP contribution in [0.2, 0.25) is 15.1 Å². The molecule has 0 spiro atoms. The zero-order chi connectivity index (χ0) is 11.9. The predicted octanol–water partition coefficient (Wildman–Crippen LogP) is 4.80. The number of rotatable bonds is 1. The maximum Gasteiger partial charge on any atom is 0.182 e. The topological polar surface area (TPSA) is 20.7 Å². The number of benzene rings is 1. The maximum atomic E-state index is 6.11. The van der Waals surface area contributed by atoms with Gasteiger partial charge < -0.3 is 4.98 Å². The van der Waals surface area contributed by atoms with Crippen molar-refractivity contribution >= 4 is 47.0 Å². The third-order valence-corrected chi connectivity index (χ3v) is 3.52. The van der Waals surface area contributed by atoms with Gasteiger partial charge in [0.05, 0.1) is 20.8 Å². The van der Waals surface area contributed by atoms with Crippen LogP contribution in [-0.2, 0) is 0 Å². The average molecular weight is 294 g/mol.